The lowest BCUT2D eigenvalue weighted by atomic mass is 9.98. The molecule has 1 aromatic carbocycles. The first-order chi connectivity index (χ1) is 12.6. The molecule has 1 aliphatic heterocycles. The highest BCUT2D eigenvalue weighted by molar-refractivity contribution is 7.12. The number of carbonyl (C=O) groups is 1. The van der Waals surface area contributed by atoms with Crippen molar-refractivity contribution in [2.45, 2.75) is 33.7 Å². The second kappa shape index (κ2) is 8.41. The van der Waals surface area contributed by atoms with Crippen molar-refractivity contribution in [2.75, 3.05) is 19.8 Å². The second-order valence-electron chi connectivity index (χ2n) is 6.23. The molecule has 0 saturated heterocycles. The Kier molecular flexibility index (Phi) is 5.99. The zero-order valence-corrected chi connectivity index (χ0v) is 16.4. The number of rotatable bonds is 6. The fourth-order valence-corrected chi connectivity index (χ4v) is 3.87. The van der Waals surface area contributed by atoms with E-state index in [1.165, 1.54) is 10.4 Å². The molecule has 1 aliphatic rings. The zero-order chi connectivity index (χ0) is 18.5. The van der Waals surface area contributed by atoms with E-state index in [9.17, 15) is 4.79 Å². The molecule has 0 spiro atoms. The largest absolute Gasteiger partial charge is 0.490 e. The summed E-state index contributed by atoms with van der Waals surface area (Å²) in [6.07, 6.45) is 4.41. The van der Waals surface area contributed by atoms with Crippen molar-refractivity contribution < 1.29 is 14.3 Å². The Morgan fingerprint density at radius 2 is 1.85 bits per heavy atom. The number of nitrogens with zero attached hydrogens (tertiary/aromatic N) is 1. The highest BCUT2D eigenvalue weighted by atomic mass is 32.1. The summed E-state index contributed by atoms with van der Waals surface area (Å²) in [7, 11) is 0. The zero-order valence-electron chi connectivity index (χ0n) is 15.6. The minimum Gasteiger partial charge on any atom is -0.490 e. The lowest BCUT2D eigenvalue weighted by Crippen LogP contribution is -2.34. The van der Waals surface area contributed by atoms with Crippen LogP contribution in [-0.4, -0.2) is 30.6 Å². The maximum absolute atomic E-state index is 12.6. The number of amides is 1. The Bertz CT molecular complexity index is 810. The van der Waals surface area contributed by atoms with Crippen LogP contribution in [0, 0.1) is 6.92 Å². The molecule has 0 bridgehead atoms. The summed E-state index contributed by atoms with van der Waals surface area (Å²) in [5, 5.41) is 0. The lowest BCUT2D eigenvalue weighted by Gasteiger charge is -2.29. The smallest absolute Gasteiger partial charge is 0.246 e. The standard InChI is InChI=1S/C21H25NO3S/c1-4-24-19-12-16-10-11-22(14-17(16)13-20(19)25-5-2)21(23)9-8-18-7-6-15(3)26-18/h6-9,12-13H,4-5,10-11,14H2,1-3H3/b9-8+. The fourth-order valence-electron chi connectivity index (χ4n) is 3.09. The van der Waals surface area contributed by atoms with Crippen molar-refractivity contribution >= 4 is 23.3 Å². The van der Waals surface area contributed by atoms with Gasteiger partial charge >= 0.3 is 0 Å². The van der Waals surface area contributed by atoms with Gasteiger partial charge in [-0.15, -0.1) is 11.3 Å². The van der Waals surface area contributed by atoms with Crippen molar-refractivity contribution in [3.8, 4) is 11.5 Å². The van der Waals surface area contributed by atoms with E-state index in [1.807, 2.05) is 37.0 Å². The van der Waals surface area contributed by atoms with E-state index in [2.05, 4.69) is 19.1 Å². The number of aryl methyl sites for hydroxylation is 1. The van der Waals surface area contributed by atoms with Crippen LogP contribution in [0.2, 0.25) is 0 Å². The van der Waals surface area contributed by atoms with E-state index in [0.29, 0.717) is 19.8 Å². The molecule has 1 aromatic heterocycles. The van der Waals surface area contributed by atoms with Crippen molar-refractivity contribution in [2.24, 2.45) is 0 Å². The Balaban J connectivity index is 1.74. The highest BCUT2D eigenvalue weighted by Gasteiger charge is 2.22. The molecule has 1 amide bonds. The minimum absolute atomic E-state index is 0.0496. The Morgan fingerprint density at radius 3 is 2.46 bits per heavy atom. The predicted molar refractivity (Wildman–Crippen MR) is 106 cm³/mol. The maximum Gasteiger partial charge on any atom is 0.246 e. The van der Waals surface area contributed by atoms with Crippen molar-refractivity contribution in [1.29, 1.82) is 0 Å². The van der Waals surface area contributed by atoms with E-state index >= 15 is 0 Å². The predicted octanol–water partition coefficient (Wildman–Crippen LogP) is 4.45. The van der Waals surface area contributed by atoms with Crippen LogP contribution in [0.5, 0.6) is 11.5 Å². The second-order valence-corrected chi connectivity index (χ2v) is 7.54. The van der Waals surface area contributed by atoms with E-state index < -0.39 is 0 Å². The molecule has 4 nitrogen and oxygen atoms in total. The summed E-state index contributed by atoms with van der Waals surface area (Å²) in [6.45, 7) is 8.52. The number of carbonyl (C=O) groups excluding carboxylic acids is 1. The summed E-state index contributed by atoms with van der Waals surface area (Å²) in [6, 6.07) is 8.20. The van der Waals surface area contributed by atoms with Crippen LogP contribution in [0.1, 0.15) is 34.7 Å². The third-order valence-corrected chi connectivity index (χ3v) is 5.31. The van der Waals surface area contributed by atoms with Gasteiger partial charge in [0.1, 0.15) is 0 Å². The summed E-state index contributed by atoms with van der Waals surface area (Å²) in [5.74, 6) is 1.60. The van der Waals surface area contributed by atoms with E-state index in [4.69, 9.17) is 9.47 Å². The Labute approximate surface area is 159 Å². The third kappa shape index (κ3) is 4.28. The van der Waals surface area contributed by atoms with Gasteiger partial charge in [0.15, 0.2) is 11.5 Å². The molecule has 0 aliphatic carbocycles. The Morgan fingerprint density at radius 1 is 1.15 bits per heavy atom. The van der Waals surface area contributed by atoms with Crippen LogP contribution in [0.15, 0.2) is 30.3 Å². The van der Waals surface area contributed by atoms with Gasteiger partial charge in [0.2, 0.25) is 5.91 Å². The molecule has 3 rings (SSSR count). The molecule has 0 N–H and O–H groups in total. The van der Waals surface area contributed by atoms with Crippen LogP contribution in [0.25, 0.3) is 6.08 Å². The average Bonchev–Trinajstić information content (AvgIpc) is 3.05. The number of hydrogen-bond acceptors (Lipinski definition) is 4. The fraction of sp³-hybridized carbons (Fsp3) is 0.381. The van der Waals surface area contributed by atoms with Gasteiger partial charge in [-0.3, -0.25) is 4.79 Å². The molecular formula is C21H25NO3S. The lowest BCUT2D eigenvalue weighted by molar-refractivity contribution is -0.126. The molecule has 26 heavy (non-hydrogen) atoms. The molecule has 0 saturated carbocycles. The number of benzene rings is 1. The van der Waals surface area contributed by atoms with Crippen LogP contribution in [-0.2, 0) is 17.8 Å². The first-order valence-corrected chi connectivity index (χ1v) is 9.87. The van der Waals surface area contributed by atoms with Crippen molar-refractivity contribution in [3.05, 3.63) is 51.2 Å². The minimum atomic E-state index is 0.0496. The topological polar surface area (TPSA) is 38.8 Å². The molecule has 2 heterocycles. The quantitative estimate of drug-likeness (QED) is 0.704. The molecule has 2 aromatic rings. The van der Waals surface area contributed by atoms with E-state index in [0.717, 1.165) is 34.9 Å². The van der Waals surface area contributed by atoms with Crippen molar-refractivity contribution in [3.63, 3.8) is 0 Å². The number of hydrogen-bond donors (Lipinski definition) is 0. The molecule has 5 heteroatoms. The third-order valence-electron chi connectivity index (χ3n) is 4.34. The normalized spacial score (nSPS) is 13.7. The maximum atomic E-state index is 12.6. The summed E-state index contributed by atoms with van der Waals surface area (Å²) in [5.41, 5.74) is 2.37. The number of ether oxygens (including phenoxy) is 2. The van der Waals surface area contributed by atoms with Gasteiger partial charge in [-0.25, -0.2) is 0 Å². The molecule has 138 valence electrons. The van der Waals surface area contributed by atoms with Crippen LogP contribution < -0.4 is 9.47 Å². The molecule has 0 fully saturated rings. The summed E-state index contributed by atoms with van der Waals surface area (Å²) >= 11 is 1.69. The van der Waals surface area contributed by atoms with Crippen LogP contribution in [0.3, 0.4) is 0 Å². The van der Waals surface area contributed by atoms with Crippen molar-refractivity contribution in [1.82, 2.24) is 4.90 Å². The van der Waals surface area contributed by atoms with Crippen LogP contribution >= 0.6 is 11.3 Å². The highest BCUT2D eigenvalue weighted by Crippen LogP contribution is 2.34. The number of thiophene rings is 1. The average molecular weight is 372 g/mol. The molecular weight excluding hydrogens is 346 g/mol. The van der Waals surface area contributed by atoms with Crippen LogP contribution in [0.4, 0.5) is 0 Å². The van der Waals surface area contributed by atoms with Gasteiger partial charge < -0.3 is 14.4 Å². The molecule has 0 radical (unpaired) electrons. The summed E-state index contributed by atoms with van der Waals surface area (Å²) < 4.78 is 11.4. The first kappa shape index (κ1) is 18.5. The first-order valence-electron chi connectivity index (χ1n) is 9.05. The summed E-state index contributed by atoms with van der Waals surface area (Å²) in [4.78, 5) is 16.8. The van der Waals surface area contributed by atoms with Gasteiger partial charge in [0, 0.05) is 28.9 Å². The molecule has 0 atom stereocenters. The number of fused-ring (bicyclic) bond motifs is 1. The SMILES string of the molecule is CCOc1cc2c(cc1OCC)CN(C(=O)/C=C/c1ccc(C)s1)CC2. The van der Waals surface area contributed by atoms with Gasteiger partial charge in [0.25, 0.3) is 0 Å². The van der Waals surface area contributed by atoms with Gasteiger partial charge in [-0.2, -0.15) is 0 Å². The van der Waals surface area contributed by atoms with Gasteiger partial charge in [-0.05, 0) is 68.7 Å². The Hall–Kier alpha value is -2.27. The molecule has 0 unspecified atom stereocenters. The van der Waals surface area contributed by atoms with Gasteiger partial charge in [-0.1, -0.05) is 0 Å². The van der Waals surface area contributed by atoms with E-state index in [1.54, 1.807) is 17.4 Å². The van der Waals surface area contributed by atoms with E-state index in [-0.39, 0.29) is 5.91 Å². The van der Waals surface area contributed by atoms with Gasteiger partial charge in [0.05, 0.1) is 13.2 Å². The monoisotopic (exact) mass is 371 g/mol.